The first-order valence-electron chi connectivity index (χ1n) is 5.46. The van der Waals surface area contributed by atoms with Crippen molar-refractivity contribution in [3.05, 3.63) is 63.9 Å². The average molecular weight is 311 g/mol. The predicted octanol–water partition coefficient (Wildman–Crippen LogP) is 3.66. The van der Waals surface area contributed by atoms with Gasteiger partial charge in [0.2, 0.25) is 0 Å². The minimum absolute atomic E-state index is 0.0411. The highest BCUT2D eigenvalue weighted by Crippen LogP contribution is 2.22. The number of hydrogen-bond donors (Lipinski definition) is 1. The van der Waals surface area contributed by atoms with Gasteiger partial charge in [0.1, 0.15) is 18.2 Å². The summed E-state index contributed by atoms with van der Waals surface area (Å²) in [5.41, 5.74) is 1.24. The van der Waals surface area contributed by atoms with Gasteiger partial charge < -0.3 is 9.84 Å². The molecular formula is C14H12BrFO2. The van der Waals surface area contributed by atoms with Crippen LogP contribution in [-0.4, -0.2) is 5.11 Å². The van der Waals surface area contributed by atoms with Gasteiger partial charge in [0, 0.05) is 10.0 Å². The highest BCUT2D eigenvalue weighted by molar-refractivity contribution is 9.10. The van der Waals surface area contributed by atoms with Crippen molar-refractivity contribution >= 4 is 15.9 Å². The molecule has 0 unspecified atom stereocenters. The quantitative estimate of drug-likeness (QED) is 0.934. The van der Waals surface area contributed by atoms with E-state index in [1.54, 1.807) is 36.4 Å². The molecule has 1 N–H and O–H groups in total. The van der Waals surface area contributed by atoms with Gasteiger partial charge in [-0.25, -0.2) is 4.39 Å². The van der Waals surface area contributed by atoms with Crippen molar-refractivity contribution in [2.24, 2.45) is 0 Å². The standard InChI is InChI=1S/C14H12BrFO2/c15-13-5-2-6-14(16)12(13)9-18-11-4-1-3-10(7-11)8-17/h1-7,17H,8-9H2. The lowest BCUT2D eigenvalue weighted by atomic mass is 10.2. The van der Waals surface area contributed by atoms with Crippen molar-refractivity contribution in [1.82, 2.24) is 0 Å². The van der Waals surface area contributed by atoms with Crippen molar-refractivity contribution in [1.29, 1.82) is 0 Å². The lowest BCUT2D eigenvalue weighted by molar-refractivity contribution is 0.277. The van der Waals surface area contributed by atoms with Crippen LogP contribution in [0.1, 0.15) is 11.1 Å². The maximum absolute atomic E-state index is 13.5. The van der Waals surface area contributed by atoms with Crippen LogP contribution in [0.25, 0.3) is 0 Å². The second-order valence-electron chi connectivity index (χ2n) is 3.79. The molecule has 0 saturated heterocycles. The predicted molar refractivity (Wildman–Crippen MR) is 70.8 cm³/mol. The van der Waals surface area contributed by atoms with Crippen LogP contribution < -0.4 is 4.74 Å². The fraction of sp³-hybridized carbons (Fsp3) is 0.143. The Hall–Kier alpha value is -1.39. The summed E-state index contributed by atoms with van der Waals surface area (Å²) >= 11 is 3.29. The lowest BCUT2D eigenvalue weighted by Crippen LogP contribution is -2.00. The first-order valence-corrected chi connectivity index (χ1v) is 6.25. The smallest absolute Gasteiger partial charge is 0.130 e. The Labute approximate surface area is 113 Å². The Balaban J connectivity index is 2.11. The van der Waals surface area contributed by atoms with Gasteiger partial charge in [0.15, 0.2) is 0 Å². The van der Waals surface area contributed by atoms with E-state index in [0.29, 0.717) is 15.8 Å². The molecule has 0 aromatic heterocycles. The van der Waals surface area contributed by atoms with Gasteiger partial charge in [0.05, 0.1) is 6.61 Å². The van der Waals surface area contributed by atoms with Gasteiger partial charge >= 0.3 is 0 Å². The second kappa shape index (κ2) is 5.98. The van der Waals surface area contributed by atoms with E-state index >= 15 is 0 Å². The minimum Gasteiger partial charge on any atom is -0.489 e. The fourth-order valence-corrected chi connectivity index (χ4v) is 2.02. The molecule has 2 aromatic rings. The summed E-state index contributed by atoms with van der Waals surface area (Å²) in [4.78, 5) is 0. The number of rotatable bonds is 4. The summed E-state index contributed by atoms with van der Waals surface area (Å²) in [5.74, 6) is 0.305. The molecule has 0 fully saturated rings. The Morgan fingerprint density at radius 1 is 1.17 bits per heavy atom. The van der Waals surface area contributed by atoms with E-state index in [2.05, 4.69) is 15.9 Å². The van der Waals surface area contributed by atoms with Crippen molar-refractivity contribution < 1.29 is 14.2 Å². The first-order chi connectivity index (χ1) is 8.70. The number of halogens is 2. The van der Waals surface area contributed by atoms with E-state index in [-0.39, 0.29) is 19.0 Å². The van der Waals surface area contributed by atoms with E-state index in [9.17, 15) is 4.39 Å². The third-order valence-corrected chi connectivity index (χ3v) is 3.27. The third kappa shape index (κ3) is 3.09. The fourth-order valence-electron chi connectivity index (χ4n) is 1.56. The van der Waals surface area contributed by atoms with Gasteiger partial charge in [-0.05, 0) is 29.8 Å². The molecule has 0 aliphatic carbocycles. The van der Waals surface area contributed by atoms with Crippen LogP contribution in [0.15, 0.2) is 46.9 Å². The van der Waals surface area contributed by atoms with Crippen LogP contribution in [0.4, 0.5) is 4.39 Å². The molecule has 0 heterocycles. The molecule has 0 spiro atoms. The summed E-state index contributed by atoms with van der Waals surface area (Å²) in [6.07, 6.45) is 0. The summed E-state index contributed by atoms with van der Waals surface area (Å²) in [6.45, 7) is 0.0999. The van der Waals surface area contributed by atoms with Gasteiger partial charge in [-0.1, -0.05) is 34.1 Å². The normalized spacial score (nSPS) is 10.4. The zero-order chi connectivity index (χ0) is 13.0. The second-order valence-corrected chi connectivity index (χ2v) is 4.65. The van der Waals surface area contributed by atoms with Gasteiger partial charge in [-0.2, -0.15) is 0 Å². The molecule has 2 nitrogen and oxygen atoms in total. The Kier molecular flexibility index (Phi) is 4.33. The maximum atomic E-state index is 13.5. The van der Waals surface area contributed by atoms with Crippen molar-refractivity contribution in [3.63, 3.8) is 0 Å². The van der Waals surface area contributed by atoms with E-state index in [1.807, 2.05) is 0 Å². The van der Waals surface area contributed by atoms with Crippen molar-refractivity contribution in [3.8, 4) is 5.75 Å². The molecule has 0 bridgehead atoms. The third-order valence-electron chi connectivity index (χ3n) is 2.53. The summed E-state index contributed by atoms with van der Waals surface area (Å²) in [5, 5.41) is 9.01. The van der Waals surface area contributed by atoms with E-state index < -0.39 is 0 Å². The number of benzene rings is 2. The molecule has 0 atom stereocenters. The largest absolute Gasteiger partial charge is 0.489 e. The number of aliphatic hydroxyl groups excluding tert-OH is 1. The van der Waals surface area contributed by atoms with Crippen molar-refractivity contribution in [2.45, 2.75) is 13.2 Å². The molecular weight excluding hydrogens is 299 g/mol. The Morgan fingerprint density at radius 2 is 1.94 bits per heavy atom. The number of ether oxygens (including phenoxy) is 1. The molecule has 0 saturated carbocycles. The molecule has 2 rings (SSSR count). The van der Waals surface area contributed by atoms with Gasteiger partial charge in [-0.3, -0.25) is 0 Å². The molecule has 94 valence electrons. The number of aliphatic hydroxyl groups is 1. The highest BCUT2D eigenvalue weighted by Gasteiger charge is 2.07. The SMILES string of the molecule is OCc1cccc(OCc2c(F)cccc2Br)c1. The zero-order valence-electron chi connectivity index (χ0n) is 9.57. The van der Waals surface area contributed by atoms with Crippen LogP contribution in [0.5, 0.6) is 5.75 Å². The monoisotopic (exact) mass is 310 g/mol. The molecule has 0 aliphatic rings. The van der Waals surface area contributed by atoms with Gasteiger partial charge in [0.25, 0.3) is 0 Å². The van der Waals surface area contributed by atoms with Crippen molar-refractivity contribution in [2.75, 3.05) is 0 Å². The number of hydrogen-bond acceptors (Lipinski definition) is 2. The van der Waals surface area contributed by atoms with E-state index in [1.165, 1.54) is 6.07 Å². The first kappa shape index (κ1) is 13.1. The van der Waals surface area contributed by atoms with Crippen LogP contribution in [0, 0.1) is 5.82 Å². The average Bonchev–Trinajstić information content (AvgIpc) is 2.38. The molecule has 0 amide bonds. The topological polar surface area (TPSA) is 29.5 Å². The molecule has 2 aromatic carbocycles. The highest BCUT2D eigenvalue weighted by atomic mass is 79.9. The zero-order valence-corrected chi connectivity index (χ0v) is 11.2. The summed E-state index contributed by atoms with van der Waals surface area (Å²) < 4.78 is 19.7. The maximum Gasteiger partial charge on any atom is 0.130 e. The van der Waals surface area contributed by atoms with Crippen LogP contribution in [0.2, 0.25) is 0 Å². The Bertz CT molecular complexity index is 523. The molecule has 4 heteroatoms. The Morgan fingerprint density at radius 3 is 2.67 bits per heavy atom. The van der Waals surface area contributed by atoms with Crippen LogP contribution in [0.3, 0.4) is 0 Å². The van der Waals surface area contributed by atoms with E-state index in [4.69, 9.17) is 9.84 Å². The van der Waals surface area contributed by atoms with E-state index in [0.717, 1.165) is 5.56 Å². The van der Waals surface area contributed by atoms with Gasteiger partial charge in [-0.15, -0.1) is 0 Å². The minimum atomic E-state index is -0.303. The summed E-state index contributed by atoms with van der Waals surface area (Å²) in [6, 6.07) is 11.9. The summed E-state index contributed by atoms with van der Waals surface area (Å²) in [7, 11) is 0. The lowest BCUT2D eigenvalue weighted by Gasteiger charge is -2.09. The molecule has 18 heavy (non-hydrogen) atoms. The molecule has 0 aliphatic heterocycles. The van der Waals surface area contributed by atoms with Crippen LogP contribution >= 0.6 is 15.9 Å². The van der Waals surface area contributed by atoms with Crippen LogP contribution in [-0.2, 0) is 13.2 Å². The molecule has 0 radical (unpaired) electrons.